The summed E-state index contributed by atoms with van der Waals surface area (Å²) in [6.07, 6.45) is 1.66. The summed E-state index contributed by atoms with van der Waals surface area (Å²) in [5.74, 6) is 0.277. The van der Waals surface area contributed by atoms with E-state index in [0.717, 1.165) is 12.8 Å². The summed E-state index contributed by atoms with van der Waals surface area (Å²) < 4.78 is 23.8. The number of methoxy groups -OCH3 is 2. The lowest BCUT2D eigenvalue weighted by Gasteiger charge is -2.24. The first-order chi connectivity index (χ1) is 8.13. The fraction of sp³-hybridized carbons (Fsp3) is 0.538. The van der Waals surface area contributed by atoms with Gasteiger partial charge in [-0.05, 0) is 24.6 Å². The highest BCUT2D eigenvalue weighted by Crippen LogP contribution is 2.29. The molecule has 0 radical (unpaired) electrons. The third-order valence-corrected chi connectivity index (χ3v) is 2.83. The smallest absolute Gasteiger partial charge is 0.123 e. The Morgan fingerprint density at radius 3 is 2.59 bits per heavy atom. The molecule has 1 aromatic rings. The number of hydrogen-bond donors (Lipinski definition) is 1. The molecular weight excluding hydrogens is 221 g/mol. The zero-order valence-electron chi connectivity index (χ0n) is 10.6. The minimum absolute atomic E-state index is 0.129. The Labute approximate surface area is 102 Å². The van der Waals surface area contributed by atoms with Crippen LogP contribution in [-0.4, -0.2) is 20.3 Å². The van der Waals surface area contributed by atoms with Gasteiger partial charge in [0.25, 0.3) is 0 Å². The molecule has 2 unspecified atom stereocenters. The summed E-state index contributed by atoms with van der Waals surface area (Å²) in [6, 6.07) is 3.97. The molecule has 4 heteroatoms. The van der Waals surface area contributed by atoms with Gasteiger partial charge in [-0.15, -0.1) is 0 Å². The van der Waals surface area contributed by atoms with E-state index in [9.17, 15) is 4.39 Å². The lowest BCUT2D eigenvalue weighted by Crippen LogP contribution is -2.28. The zero-order valence-corrected chi connectivity index (χ0v) is 10.6. The molecule has 1 rings (SSSR count). The molecule has 96 valence electrons. The first-order valence-electron chi connectivity index (χ1n) is 5.75. The predicted octanol–water partition coefficient (Wildman–Crippen LogP) is 2.65. The minimum atomic E-state index is -0.384. The summed E-state index contributed by atoms with van der Waals surface area (Å²) in [5, 5.41) is 0. The van der Waals surface area contributed by atoms with Crippen molar-refractivity contribution in [3.05, 3.63) is 29.6 Å². The Hall–Kier alpha value is -1.13. The summed E-state index contributed by atoms with van der Waals surface area (Å²) in [7, 11) is 3.16. The van der Waals surface area contributed by atoms with Gasteiger partial charge in [0.15, 0.2) is 0 Å². The average molecular weight is 241 g/mol. The molecule has 2 atom stereocenters. The summed E-state index contributed by atoms with van der Waals surface area (Å²) >= 11 is 0. The second-order valence-electron chi connectivity index (χ2n) is 3.97. The Bertz CT molecular complexity index is 357. The van der Waals surface area contributed by atoms with Crippen molar-refractivity contribution in [2.75, 3.05) is 14.2 Å². The molecule has 1 aromatic carbocycles. The molecule has 0 aromatic heterocycles. The third-order valence-electron chi connectivity index (χ3n) is 2.83. The van der Waals surface area contributed by atoms with Gasteiger partial charge in [-0.3, -0.25) is 0 Å². The van der Waals surface area contributed by atoms with Crippen LogP contribution in [0.2, 0.25) is 0 Å². The largest absolute Gasteiger partial charge is 0.496 e. The molecule has 0 spiro atoms. The normalized spacial score (nSPS) is 14.4. The lowest BCUT2D eigenvalue weighted by molar-refractivity contribution is 0.0717. The van der Waals surface area contributed by atoms with Crippen LogP contribution < -0.4 is 10.5 Å². The van der Waals surface area contributed by atoms with E-state index in [0.29, 0.717) is 11.3 Å². The highest BCUT2D eigenvalue weighted by atomic mass is 19.1. The predicted molar refractivity (Wildman–Crippen MR) is 65.6 cm³/mol. The third kappa shape index (κ3) is 3.41. The molecule has 0 amide bonds. The first-order valence-corrected chi connectivity index (χ1v) is 5.75. The second kappa shape index (κ2) is 6.57. The van der Waals surface area contributed by atoms with E-state index < -0.39 is 0 Å². The van der Waals surface area contributed by atoms with Gasteiger partial charge in [-0.2, -0.15) is 0 Å². The fourth-order valence-corrected chi connectivity index (χ4v) is 1.89. The van der Waals surface area contributed by atoms with Gasteiger partial charge in [-0.1, -0.05) is 13.3 Å². The van der Waals surface area contributed by atoms with Gasteiger partial charge in [0.05, 0.1) is 19.3 Å². The molecular formula is C13H20FNO2. The summed E-state index contributed by atoms with van der Waals surface area (Å²) in [4.78, 5) is 0. The van der Waals surface area contributed by atoms with Crippen molar-refractivity contribution in [3.63, 3.8) is 0 Å². The number of nitrogens with two attached hydrogens (primary N) is 1. The molecule has 3 nitrogen and oxygen atoms in total. The molecule has 2 N–H and O–H groups in total. The molecule has 0 saturated heterocycles. The van der Waals surface area contributed by atoms with Crippen LogP contribution in [0.1, 0.15) is 31.4 Å². The number of rotatable bonds is 6. The van der Waals surface area contributed by atoms with Crippen molar-refractivity contribution in [1.29, 1.82) is 0 Å². The van der Waals surface area contributed by atoms with Crippen molar-refractivity contribution >= 4 is 0 Å². The van der Waals surface area contributed by atoms with Crippen LogP contribution in [0.5, 0.6) is 5.75 Å². The first kappa shape index (κ1) is 13.9. The molecule has 17 heavy (non-hydrogen) atoms. The van der Waals surface area contributed by atoms with Crippen LogP contribution in [0.4, 0.5) is 4.39 Å². The van der Waals surface area contributed by atoms with Gasteiger partial charge < -0.3 is 15.2 Å². The van der Waals surface area contributed by atoms with E-state index >= 15 is 0 Å². The van der Waals surface area contributed by atoms with Crippen LogP contribution in [0.25, 0.3) is 0 Å². The van der Waals surface area contributed by atoms with Crippen molar-refractivity contribution in [1.82, 2.24) is 0 Å². The Balaban J connectivity index is 2.99. The van der Waals surface area contributed by atoms with Crippen LogP contribution in [-0.2, 0) is 4.74 Å². The van der Waals surface area contributed by atoms with Gasteiger partial charge in [0.1, 0.15) is 11.6 Å². The summed E-state index contributed by atoms with van der Waals surface area (Å²) in [5.41, 5.74) is 6.76. The highest BCUT2D eigenvalue weighted by molar-refractivity contribution is 5.37. The van der Waals surface area contributed by atoms with Gasteiger partial charge in [0, 0.05) is 12.7 Å². The number of benzene rings is 1. The maximum absolute atomic E-state index is 13.2. The van der Waals surface area contributed by atoms with Crippen molar-refractivity contribution in [3.8, 4) is 5.75 Å². The van der Waals surface area contributed by atoms with E-state index in [-0.39, 0.29) is 18.0 Å². The van der Waals surface area contributed by atoms with E-state index in [4.69, 9.17) is 15.2 Å². The molecule has 0 saturated carbocycles. The summed E-state index contributed by atoms with van der Waals surface area (Å²) in [6.45, 7) is 2.06. The van der Waals surface area contributed by atoms with Crippen molar-refractivity contribution < 1.29 is 13.9 Å². The molecule has 0 aliphatic rings. The lowest BCUT2D eigenvalue weighted by atomic mass is 9.98. The van der Waals surface area contributed by atoms with E-state index in [1.165, 1.54) is 12.1 Å². The van der Waals surface area contributed by atoms with Crippen molar-refractivity contribution in [2.45, 2.75) is 31.9 Å². The van der Waals surface area contributed by atoms with Crippen LogP contribution in [0.15, 0.2) is 18.2 Å². The van der Waals surface area contributed by atoms with Gasteiger partial charge in [-0.25, -0.2) is 4.39 Å². The standard InChI is InChI=1S/C13H20FNO2/c1-4-5-12(17-3)13(15)10-8-9(14)6-7-11(10)16-2/h6-8,12-13H,4-5,15H2,1-3H3. The van der Waals surface area contributed by atoms with E-state index in [2.05, 4.69) is 6.92 Å². The molecule has 0 bridgehead atoms. The van der Waals surface area contributed by atoms with Gasteiger partial charge >= 0.3 is 0 Å². The topological polar surface area (TPSA) is 44.5 Å². The second-order valence-corrected chi connectivity index (χ2v) is 3.97. The van der Waals surface area contributed by atoms with Crippen LogP contribution >= 0.6 is 0 Å². The molecule has 0 aliphatic heterocycles. The Morgan fingerprint density at radius 1 is 1.35 bits per heavy atom. The quantitative estimate of drug-likeness (QED) is 0.832. The van der Waals surface area contributed by atoms with E-state index in [1.807, 2.05) is 0 Å². The molecule has 0 fully saturated rings. The van der Waals surface area contributed by atoms with Crippen LogP contribution in [0.3, 0.4) is 0 Å². The minimum Gasteiger partial charge on any atom is -0.496 e. The number of ether oxygens (including phenoxy) is 2. The maximum atomic E-state index is 13.2. The SMILES string of the molecule is CCCC(OC)C(N)c1cc(F)ccc1OC. The average Bonchev–Trinajstić information content (AvgIpc) is 2.35. The molecule has 0 aliphatic carbocycles. The Kier molecular flexibility index (Phi) is 5.38. The maximum Gasteiger partial charge on any atom is 0.123 e. The Morgan fingerprint density at radius 2 is 2.06 bits per heavy atom. The highest BCUT2D eigenvalue weighted by Gasteiger charge is 2.22. The number of hydrogen-bond acceptors (Lipinski definition) is 3. The molecule has 0 heterocycles. The van der Waals surface area contributed by atoms with Gasteiger partial charge in [0.2, 0.25) is 0 Å². The van der Waals surface area contributed by atoms with Crippen molar-refractivity contribution in [2.24, 2.45) is 5.73 Å². The number of halogens is 1. The van der Waals surface area contributed by atoms with Crippen LogP contribution in [0, 0.1) is 5.82 Å². The fourth-order valence-electron chi connectivity index (χ4n) is 1.89. The zero-order chi connectivity index (χ0) is 12.8. The van der Waals surface area contributed by atoms with E-state index in [1.54, 1.807) is 20.3 Å². The monoisotopic (exact) mass is 241 g/mol.